The highest BCUT2D eigenvalue weighted by Gasteiger charge is 2.20. The van der Waals surface area contributed by atoms with E-state index in [-0.39, 0.29) is 30.7 Å². The van der Waals surface area contributed by atoms with E-state index in [4.69, 9.17) is 4.74 Å². The molecule has 140 valence electrons. The number of carbonyl (C=O) groups is 1. The van der Waals surface area contributed by atoms with E-state index < -0.39 is 0 Å². The summed E-state index contributed by atoms with van der Waals surface area (Å²) in [5.41, 5.74) is 1.04. The Labute approximate surface area is 160 Å². The maximum Gasteiger partial charge on any atom is 0.225 e. The summed E-state index contributed by atoms with van der Waals surface area (Å²) in [4.78, 5) is 20.5. The Bertz CT molecular complexity index is 490. The Morgan fingerprint density at radius 1 is 1.54 bits per heavy atom. The van der Waals surface area contributed by atoms with E-state index in [0.717, 1.165) is 30.5 Å². The van der Waals surface area contributed by atoms with E-state index in [1.807, 2.05) is 7.05 Å². The zero-order chi connectivity index (χ0) is 15.9. The molecule has 1 aromatic heterocycles. The molecule has 9 heteroatoms. The monoisotopic (exact) mass is 398 g/mol. The maximum atomic E-state index is 11.7. The third kappa shape index (κ3) is 6.82. The van der Waals surface area contributed by atoms with Crippen LogP contribution in [0.5, 0.6) is 0 Å². The largest absolute Gasteiger partial charge is 0.383 e. The van der Waals surface area contributed by atoms with E-state index in [1.165, 1.54) is 24.2 Å². The van der Waals surface area contributed by atoms with Crippen LogP contribution in [-0.2, 0) is 16.1 Å². The van der Waals surface area contributed by atoms with Crippen LogP contribution in [0, 0.1) is 0 Å². The summed E-state index contributed by atoms with van der Waals surface area (Å²) in [5, 5.41) is 6.18. The molecule has 2 rings (SSSR count). The lowest BCUT2D eigenvalue weighted by molar-refractivity contribution is -0.116. The third-order valence-corrected chi connectivity index (χ3v) is 4.88. The quantitative estimate of drug-likeness (QED) is 0.762. The number of hydrogen-bond donors (Lipinski definition) is 1. The van der Waals surface area contributed by atoms with Gasteiger partial charge in [-0.3, -0.25) is 14.6 Å². The van der Waals surface area contributed by atoms with Crippen LogP contribution in [0.2, 0.25) is 0 Å². The van der Waals surface area contributed by atoms with Gasteiger partial charge in [0.15, 0.2) is 5.13 Å². The van der Waals surface area contributed by atoms with Gasteiger partial charge in [0.05, 0.1) is 18.8 Å². The summed E-state index contributed by atoms with van der Waals surface area (Å²) in [6, 6.07) is 0.572. The summed E-state index contributed by atoms with van der Waals surface area (Å²) in [6.07, 6.45) is 2.46. The number of rotatable bonds is 7. The number of amides is 1. The average Bonchev–Trinajstić information content (AvgIpc) is 2.95. The molecule has 1 saturated heterocycles. The number of likely N-dealkylation sites (N-methyl/N-ethyl adjacent to an activating group) is 1. The van der Waals surface area contributed by atoms with E-state index in [0.29, 0.717) is 19.2 Å². The third-order valence-electron chi connectivity index (χ3n) is 3.97. The molecule has 1 atom stereocenters. The van der Waals surface area contributed by atoms with Crippen molar-refractivity contribution in [3.8, 4) is 0 Å². The SMILES string of the molecule is CNC1CCCN(Cc2csc(N(CCOC)C(C)=O)n2)C1.Cl.Cl. The van der Waals surface area contributed by atoms with Gasteiger partial charge in [-0.25, -0.2) is 4.98 Å². The second-order valence-corrected chi connectivity index (χ2v) is 6.48. The molecular formula is C15H28Cl2N4O2S. The summed E-state index contributed by atoms with van der Waals surface area (Å²) < 4.78 is 5.06. The van der Waals surface area contributed by atoms with Gasteiger partial charge in [0.2, 0.25) is 5.91 Å². The highest BCUT2D eigenvalue weighted by atomic mass is 35.5. The molecule has 1 unspecified atom stereocenters. The summed E-state index contributed by atoms with van der Waals surface area (Å²) in [6.45, 7) is 5.66. The number of carbonyl (C=O) groups excluding carboxylic acids is 1. The minimum absolute atomic E-state index is 0. The average molecular weight is 399 g/mol. The van der Waals surface area contributed by atoms with Crippen molar-refractivity contribution in [2.45, 2.75) is 32.4 Å². The highest BCUT2D eigenvalue weighted by Crippen LogP contribution is 2.22. The molecule has 1 N–H and O–H groups in total. The van der Waals surface area contributed by atoms with Gasteiger partial charge in [0, 0.05) is 38.5 Å². The molecule has 0 aromatic carbocycles. The molecule has 0 bridgehead atoms. The topological polar surface area (TPSA) is 57.7 Å². The van der Waals surface area contributed by atoms with Gasteiger partial charge in [0.1, 0.15) is 0 Å². The number of methoxy groups -OCH3 is 1. The van der Waals surface area contributed by atoms with Gasteiger partial charge in [-0.05, 0) is 26.4 Å². The number of anilines is 1. The minimum atomic E-state index is 0. The van der Waals surface area contributed by atoms with E-state index in [2.05, 4.69) is 20.6 Å². The predicted octanol–water partition coefficient (Wildman–Crippen LogP) is 2.17. The number of halogens is 2. The van der Waals surface area contributed by atoms with Crippen molar-refractivity contribution in [1.29, 1.82) is 0 Å². The fourth-order valence-corrected chi connectivity index (χ4v) is 3.61. The molecule has 1 fully saturated rings. The fourth-order valence-electron chi connectivity index (χ4n) is 2.73. The van der Waals surface area contributed by atoms with Gasteiger partial charge in [-0.1, -0.05) is 0 Å². The van der Waals surface area contributed by atoms with Crippen LogP contribution in [0.25, 0.3) is 0 Å². The molecule has 6 nitrogen and oxygen atoms in total. The van der Waals surface area contributed by atoms with Gasteiger partial charge < -0.3 is 10.1 Å². The van der Waals surface area contributed by atoms with Crippen LogP contribution in [0.15, 0.2) is 5.38 Å². The van der Waals surface area contributed by atoms with Crippen molar-refractivity contribution >= 4 is 47.2 Å². The van der Waals surface area contributed by atoms with Gasteiger partial charge in [-0.2, -0.15) is 0 Å². The molecule has 1 aliphatic heterocycles. The number of nitrogens with one attached hydrogen (secondary N) is 1. The summed E-state index contributed by atoms with van der Waals surface area (Å²) in [5.74, 6) is 0.00571. The number of piperidine rings is 1. The normalized spacial score (nSPS) is 17.7. The second kappa shape index (κ2) is 12.0. The Hall–Kier alpha value is -0.440. The Morgan fingerprint density at radius 3 is 2.92 bits per heavy atom. The van der Waals surface area contributed by atoms with Crippen LogP contribution in [0.1, 0.15) is 25.5 Å². The lowest BCUT2D eigenvalue weighted by Crippen LogP contribution is -2.43. The minimum Gasteiger partial charge on any atom is -0.383 e. The zero-order valence-electron chi connectivity index (χ0n) is 14.5. The molecule has 0 radical (unpaired) electrons. The first-order valence-electron chi connectivity index (χ1n) is 7.75. The molecule has 2 heterocycles. The van der Waals surface area contributed by atoms with Crippen molar-refractivity contribution in [2.24, 2.45) is 0 Å². The molecule has 1 aromatic rings. The smallest absolute Gasteiger partial charge is 0.225 e. The van der Waals surface area contributed by atoms with E-state index in [9.17, 15) is 4.79 Å². The fraction of sp³-hybridized carbons (Fsp3) is 0.733. The van der Waals surface area contributed by atoms with Crippen molar-refractivity contribution < 1.29 is 9.53 Å². The number of aromatic nitrogens is 1. The molecule has 0 saturated carbocycles. The molecule has 1 amide bonds. The van der Waals surface area contributed by atoms with Crippen molar-refractivity contribution in [1.82, 2.24) is 15.2 Å². The molecule has 24 heavy (non-hydrogen) atoms. The lowest BCUT2D eigenvalue weighted by atomic mass is 10.1. The van der Waals surface area contributed by atoms with Crippen molar-refractivity contribution in [3.05, 3.63) is 11.1 Å². The molecule has 1 aliphatic rings. The Balaban J connectivity index is 0.00000264. The maximum absolute atomic E-state index is 11.7. The molecular weight excluding hydrogens is 371 g/mol. The second-order valence-electron chi connectivity index (χ2n) is 5.65. The summed E-state index contributed by atoms with van der Waals surface area (Å²) in [7, 11) is 3.66. The van der Waals surface area contributed by atoms with Crippen molar-refractivity contribution in [3.63, 3.8) is 0 Å². The first-order chi connectivity index (χ1) is 10.6. The zero-order valence-corrected chi connectivity index (χ0v) is 16.9. The van der Waals surface area contributed by atoms with Gasteiger partial charge in [-0.15, -0.1) is 36.2 Å². The van der Waals surface area contributed by atoms with E-state index in [1.54, 1.807) is 18.9 Å². The number of thiazole rings is 1. The van der Waals surface area contributed by atoms with Gasteiger partial charge >= 0.3 is 0 Å². The van der Waals surface area contributed by atoms with Crippen LogP contribution >= 0.6 is 36.2 Å². The number of likely N-dealkylation sites (tertiary alicyclic amines) is 1. The van der Waals surface area contributed by atoms with Crippen LogP contribution in [0.4, 0.5) is 5.13 Å². The highest BCUT2D eigenvalue weighted by molar-refractivity contribution is 7.14. The Kier molecular flexibility index (Phi) is 11.8. The number of ether oxygens (including phenoxy) is 1. The molecule has 0 spiro atoms. The molecule has 0 aliphatic carbocycles. The standard InChI is InChI=1S/C15H26N4O2S.2ClH/c1-12(20)19(7-8-21-3)15-17-14(11-22-15)10-18-6-4-5-13(9-18)16-2;;/h11,13,16H,4-10H2,1-3H3;2*1H. The van der Waals surface area contributed by atoms with Crippen molar-refractivity contribution in [2.75, 3.05) is 45.3 Å². The predicted molar refractivity (Wildman–Crippen MR) is 104 cm³/mol. The van der Waals surface area contributed by atoms with Gasteiger partial charge in [0.25, 0.3) is 0 Å². The van der Waals surface area contributed by atoms with Crippen LogP contribution < -0.4 is 10.2 Å². The Morgan fingerprint density at radius 2 is 2.29 bits per heavy atom. The van der Waals surface area contributed by atoms with E-state index >= 15 is 0 Å². The number of hydrogen-bond acceptors (Lipinski definition) is 6. The summed E-state index contributed by atoms with van der Waals surface area (Å²) >= 11 is 1.53. The first-order valence-corrected chi connectivity index (χ1v) is 8.63. The number of nitrogens with zero attached hydrogens (tertiary/aromatic N) is 3. The van der Waals surface area contributed by atoms with Crippen LogP contribution in [-0.4, -0.2) is 62.2 Å². The first kappa shape index (κ1) is 23.6. The van der Waals surface area contributed by atoms with Crippen LogP contribution in [0.3, 0.4) is 0 Å². The lowest BCUT2D eigenvalue weighted by Gasteiger charge is -2.31.